The van der Waals surface area contributed by atoms with Crippen LogP contribution in [0.5, 0.6) is 0 Å². The average molecular weight is 431 g/mol. The van der Waals surface area contributed by atoms with E-state index in [1.54, 1.807) is 0 Å². The molecule has 0 spiro atoms. The van der Waals surface area contributed by atoms with Crippen molar-refractivity contribution in [1.82, 2.24) is 5.06 Å². The van der Waals surface area contributed by atoms with E-state index in [4.69, 9.17) is 14.7 Å². The molecule has 0 radical (unpaired) electrons. The number of carbonyl (C=O) groups excluding carboxylic acids is 1. The molecule has 0 bridgehead atoms. The number of aliphatic carboxylic acids is 1. The highest BCUT2D eigenvalue weighted by molar-refractivity contribution is 5.79. The number of fused-ring (bicyclic) bond motifs is 3. The predicted molar refractivity (Wildman–Crippen MR) is 120 cm³/mol. The maximum Gasteiger partial charge on any atom is 0.433 e. The molecule has 1 aliphatic rings. The lowest BCUT2D eigenvalue weighted by Crippen LogP contribution is -2.33. The summed E-state index contributed by atoms with van der Waals surface area (Å²) in [4.78, 5) is 29.4. The normalized spacial score (nSPS) is 12.1. The van der Waals surface area contributed by atoms with Crippen LogP contribution in [-0.2, 0) is 21.0 Å². The van der Waals surface area contributed by atoms with Gasteiger partial charge >= 0.3 is 12.1 Å². The molecule has 4 rings (SSSR count). The van der Waals surface area contributed by atoms with E-state index in [9.17, 15) is 9.59 Å². The van der Waals surface area contributed by atoms with Crippen molar-refractivity contribution in [1.29, 1.82) is 0 Å². The molecule has 6 nitrogen and oxygen atoms in total. The van der Waals surface area contributed by atoms with Crippen LogP contribution < -0.4 is 0 Å². The first-order valence-corrected chi connectivity index (χ1v) is 10.6. The number of ether oxygens (including phenoxy) is 1. The molecule has 3 aromatic carbocycles. The van der Waals surface area contributed by atoms with Crippen molar-refractivity contribution in [2.45, 2.75) is 25.4 Å². The zero-order chi connectivity index (χ0) is 22.3. The van der Waals surface area contributed by atoms with Gasteiger partial charge in [0.25, 0.3) is 0 Å². The van der Waals surface area contributed by atoms with Crippen molar-refractivity contribution in [3.8, 4) is 11.1 Å². The van der Waals surface area contributed by atoms with Crippen molar-refractivity contribution in [2.24, 2.45) is 0 Å². The maximum absolute atomic E-state index is 12.9. The van der Waals surface area contributed by atoms with Crippen LogP contribution >= 0.6 is 0 Å². The van der Waals surface area contributed by atoms with Gasteiger partial charge in [0.05, 0.1) is 6.54 Å². The Labute approximate surface area is 187 Å². The van der Waals surface area contributed by atoms with Crippen LogP contribution in [0.25, 0.3) is 11.1 Å². The second kappa shape index (κ2) is 10.1. The van der Waals surface area contributed by atoms with Gasteiger partial charge in [-0.05, 0) is 34.2 Å². The third kappa shape index (κ3) is 4.98. The van der Waals surface area contributed by atoms with Gasteiger partial charge in [-0.25, -0.2) is 4.79 Å². The summed E-state index contributed by atoms with van der Waals surface area (Å²) in [7, 11) is 0. The van der Waals surface area contributed by atoms with Crippen LogP contribution in [0, 0.1) is 0 Å². The second-order valence-corrected chi connectivity index (χ2v) is 7.66. The number of carboxylic acids is 1. The number of rotatable bonds is 9. The molecule has 0 unspecified atom stereocenters. The van der Waals surface area contributed by atoms with Gasteiger partial charge in [-0.1, -0.05) is 78.9 Å². The SMILES string of the molecule is O=C(O)CCCN(OCc1ccccc1)C(=O)OCC1c2ccccc2-c2ccccc21. The summed E-state index contributed by atoms with van der Waals surface area (Å²) < 4.78 is 5.66. The van der Waals surface area contributed by atoms with Gasteiger partial charge in [-0.3, -0.25) is 9.63 Å². The number of carboxylic acid groups (broad SMARTS) is 1. The van der Waals surface area contributed by atoms with Gasteiger partial charge in [0.15, 0.2) is 0 Å². The van der Waals surface area contributed by atoms with Crippen molar-refractivity contribution in [3.05, 3.63) is 95.6 Å². The van der Waals surface area contributed by atoms with Crippen LogP contribution in [-0.4, -0.2) is 35.4 Å². The van der Waals surface area contributed by atoms with Gasteiger partial charge in [0.1, 0.15) is 13.2 Å². The van der Waals surface area contributed by atoms with Crippen molar-refractivity contribution in [2.75, 3.05) is 13.2 Å². The molecule has 1 amide bonds. The maximum atomic E-state index is 12.9. The van der Waals surface area contributed by atoms with E-state index >= 15 is 0 Å². The quantitative estimate of drug-likeness (QED) is 0.469. The first-order chi connectivity index (χ1) is 15.6. The Morgan fingerprint density at radius 1 is 0.844 bits per heavy atom. The molecular weight excluding hydrogens is 406 g/mol. The summed E-state index contributed by atoms with van der Waals surface area (Å²) in [5.41, 5.74) is 5.47. The Bertz CT molecular complexity index is 1040. The van der Waals surface area contributed by atoms with Gasteiger partial charge in [-0.2, -0.15) is 5.06 Å². The Balaban J connectivity index is 1.43. The summed E-state index contributed by atoms with van der Waals surface area (Å²) in [6.07, 6.45) is -0.399. The first-order valence-electron chi connectivity index (χ1n) is 10.6. The molecular formula is C26H25NO5. The lowest BCUT2D eigenvalue weighted by Gasteiger charge is -2.22. The van der Waals surface area contributed by atoms with Crippen LogP contribution in [0.4, 0.5) is 4.79 Å². The van der Waals surface area contributed by atoms with Crippen LogP contribution in [0.1, 0.15) is 35.4 Å². The second-order valence-electron chi connectivity index (χ2n) is 7.66. The standard InChI is InChI=1S/C26H25NO5/c28-25(29)15-8-16-27(32-17-19-9-2-1-3-10-19)26(30)31-18-24-22-13-6-4-11-20(22)21-12-5-7-14-23(21)24/h1-7,9-14,24H,8,15-18H2,(H,28,29). The summed E-state index contributed by atoms with van der Waals surface area (Å²) in [6.45, 7) is 0.505. The molecule has 0 atom stereocenters. The Hall–Kier alpha value is -3.64. The minimum atomic E-state index is -0.916. The van der Waals surface area contributed by atoms with E-state index in [1.807, 2.05) is 54.6 Å². The number of hydrogen-bond acceptors (Lipinski definition) is 4. The highest BCUT2D eigenvalue weighted by atomic mass is 16.7. The fourth-order valence-corrected chi connectivity index (χ4v) is 3.98. The number of nitrogens with zero attached hydrogens (tertiary/aromatic N) is 1. The summed E-state index contributed by atoms with van der Waals surface area (Å²) in [5, 5.41) is 10.1. The minimum Gasteiger partial charge on any atom is -0.481 e. The average Bonchev–Trinajstić information content (AvgIpc) is 3.14. The third-order valence-corrected chi connectivity index (χ3v) is 5.52. The first kappa shape index (κ1) is 21.6. The van der Waals surface area contributed by atoms with Crippen LogP contribution in [0.2, 0.25) is 0 Å². The van der Waals surface area contributed by atoms with E-state index in [1.165, 1.54) is 0 Å². The molecule has 6 heteroatoms. The fourth-order valence-electron chi connectivity index (χ4n) is 3.98. The Morgan fingerprint density at radius 3 is 2.06 bits per heavy atom. The molecule has 0 saturated carbocycles. The van der Waals surface area contributed by atoms with E-state index in [0.717, 1.165) is 32.9 Å². The predicted octanol–water partition coefficient (Wildman–Crippen LogP) is 5.23. The van der Waals surface area contributed by atoms with Crippen LogP contribution in [0.3, 0.4) is 0 Å². The van der Waals surface area contributed by atoms with E-state index in [0.29, 0.717) is 0 Å². The van der Waals surface area contributed by atoms with Gasteiger partial charge < -0.3 is 9.84 Å². The highest BCUT2D eigenvalue weighted by Crippen LogP contribution is 2.44. The molecule has 1 N–H and O–H groups in total. The summed E-state index contributed by atoms with van der Waals surface area (Å²) >= 11 is 0. The molecule has 32 heavy (non-hydrogen) atoms. The van der Waals surface area contributed by atoms with Crippen molar-refractivity contribution in [3.63, 3.8) is 0 Å². The van der Waals surface area contributed by atoms with Gasteiger partial charge in [-0.15, -0.1) is 0 Å². The molecule has 1 aliphatic carbocycles. The monoisotopic (exact) mass is 431 g/mol. The Morgan fingerprint density at radius 2 is 1.44 bits per heavy atom. The van der Waals surface area contributed by atoms with E-state index < -0.39 is 12.1 Å². The summed E-state index contributed by atoms with van der Waals surface area (Å²) in [5.74, 6) is -0.970. The lowest BCUT2D eigenvalue weighted by atomic mass is 9.98. The Kier molecular flexibility index (Phi) is 6.82. The minimum absolute atomic E-state index is 0.0537. The topological polar surface area (TPSA) is 76.1 Å². The molecule has 3 aromatic rings. The largest absolute Gasteiger partial charge is 0.481 e. The molecule has 0 aliphatic heterocycles. The zero-order valence-electron chi connectivity index (χ0n) is 17.6. The molecule has 0 saturated heterocycles. The number of carbonyl (C=O) groups is 2. The highest BCUT2D eigenvalue weighted by Gasteiger charge is 2.30. The fraction of sp³-hybridized carbons (Fsp3) is 0.231. The number of amides is 1. The molecule has 0 heterocycles. The molecule has 0 fully saturated rings. The van der Waals surface area contributed by atoms with Crippen LogP contribution in [0.15, 0.2) is 78.9 Å². The smallest absolute Gasteiger partial charge is 0.433 e. The zero-order valence-corrected chi connectivity index (χ0v) is 17.6. The lowest BCUT2D eigenvalue weighted by molar-refractivity contribution is -0.150. The summed E-state index contributed by atoms with van der Waals surface area (Å²) in [6, 6.07) is 25.7. The number of hydrogen-bond donors (Lipinski definition) is 1. The van der Waals surface area contributed by atoms with Crippen molar-refractivity contribution >= 4 is 12.1 Å². The van der Waals surface area contributed by atoms with E-state index in [-0.39, 0.29) is 38.5 Å². The molecule has 0 aromatic heterocycles. The van der Waals surface area contributed by atoms with Gasteiger partial charge in [0.2, 0.25) is 0 Å². The third-order valence-electron chi connectivity index (χ3n) is 5.52. The number of benzene rings is 3. The molecule has 164 valence electrons. The van der Waals surface area contributed by atoms with Crippen molar-refractivity contribution < 1.29 is 24.3 Å². The van der Waals surface area contributed by atoms with E-state index in [2.05, 4.69) is 24.3 Å². The number of hydroxylamine groups is 2. The van der Waals surface area contributed by atoms with Gasteiger partial charge in [0, 0.05) is 12.3 Å².